The molecule has 148 valence electrons. The number of likely N-dealkylation sites (N-methyl/N-ethyl adjacent to an activating group) is 1. The minimum Gasteiger partial charge on any atom is -0.349 e. The van der Waals surface area contributed by atoms with Crippen LogP contribution in [0.4, 0.5) is 11.4 Å². The molecule has 0 bridgehead atoms. The molecule has 0 spiro atoms. The van der Waals surface area contributed by atoms with E-state index in [9.17, 15) is 18.0 Å². The van der Waals surface area contributed by atoms with Gasteiger partial charge in [-0.05, 0) is 29.8 Å². The zero-order chi connectivity index (χ0) is 20.5. The van der Waals surface area contributed by atoms with Crippen LogP contribution in [0.25, 0.3) is 0 Å². The molecular weight excluding hydrogens is 378 g/mol. The molecule has 1 aliphatic rings. The molecule has 2 amide bonds. The average Bonchev–Trinajstić information content (AvgIpc) is 2.79. The maximum Gasteiger partial charge on any atom is 0.264 e. The van der Waals surface area contributed by atoms with Crippen molar-refractivity contribution in [3.05, 3.63) is 54.1 Å². The Labute approximate surface area is 165 Å². The van der Waals surface area contributed by atoms with Gasteiger partial charge in [-0.25, -0.2) is 8.42 Å². The number of benzene rings is 2. The van der Waals surface area contributed by atoms with Crippen molar-refractivity contribution in [3.8, 4) is 0 Å². The molecule has 1 N–H and O–H groups in total. The fourth-order valence-electron chi connectivity index (χ4n) is 2.95. The van der Waals surface area contributed by atoms with E-state index in [-0.39, 0.29) is 29.7 Å². The van der Waals surface area contributed by atoms with Crippen molar-refractivity contribution in [3.63, 3.8) is 0 Å². The molecule has 3 rings (SSSR count). The molecule has 2 aromatic carbocycles. The third-order valence-electron chi connectivity index (χ3n) is 4.68. The van der Waals surface area contributed by atoms with E-state index in [4.69, 9.17) is 0 Å². The molecule has 0 radical (unpaired) electrons. The summed E-state index contributed by atoms with van der Waals surface area (Å²) in [5.41, 5.74) is 1.64. The lowest BCUT2D eigenvalue weighted by molar-refractivity contribution is -0.128. The van der Waals surface area contributed by atoms with Crippen LogP contribution in [0.5, 0.6) is 0 Å². The Morgan fingerprint density at radius 1 is 1.14 bits per heavy atom. The third kappa shape index (κ3) is 3.87. The monoisotopic (exact) mass is 401 g/mol. The highest BCUT2D eigenvalue weighted by Crippen LogP contribution is 2.34. The van der Waals surface area contributed by atoms with Gasteiger partial charge in [0.05, 0.1) is 28.6 Å². The minimum atomic E-state index is -3.87. The van der Waals surface area contributed by atoms with Gasteiger partial charge in [0.25, 0.3) is 10.0 Å². The topological polar surface area (TPSA) is 86.8 Å². The standard InChI is InChI=1S/C20H23N3O4S/c1-14-13-23(18-7-5-4-6-17(18)21-20(14)25)28(26,27)16-10-8-15(9-11-16)12-19(24)22(2)3/h4-11,14H,12-13H2,1-3H3,(H,21,25). The Balaban J connectivity index is 1.96. The molecule has 2 aromatic rings. The van der Waals surface area contributed by atoms with Crippen LogP contribution in [-0.4, -0.2) is 45.8 Å². The lowest BCUT2D eigenvalue weighted by Crippen LogP contribution is -2.35. The van der Waals surface area contributed by atoms with E-state index in [0.29, 0.717) is 11.4 Å². The van der Waals surface area contributed by atoms with Crippen LogP contribution in [0.1, 0.15) is 12.5 Å². The second-order valence-electron chi connectivity index (χ2n) is 7.05. The second kappa shape index (κ2) is 7.63. The number of rotatable bonds is 4. The van der Waals surface area contributed by atoms with E-state index in [1.807, 2.05) is 0 Å². The number of sulfonamides is 1. The molecule has 1 atom stereocenters. The van der Waals surface area contributed by atoms with Gasteiger partial charge in [-0.1, -0.05) is 31.2 Å². The summed E-state index contributed by atoms with van der Waals surface area (Å²) >= 11 is 0. The van der Waals surface area contributed by atoms with Crippen LogP contribution in [0.15, 0.2) is 53.4 Å². The normalized spacial score (nSPS) is 16.8. The molecule has 7 nitrogen and oxygen atoms in total. The first kappa shape index (κ1) is 19.9. The summed E-state index contributed by atoms with van der Waals surface area (Å²) in [4.78, 5) is 25.7. The number of carbonyl (C=O) groups excluding carboxylic acids is 2. The van der Waals surface area contributed by atoms with E-state index in [1.54, 1.807) is 57.4 Å². The molecule has 1 aliphatic heterocycles. The van der Waals surface area contributed by atoms with Crippen molar-refractivity contribution >= 4 is 33.2 Å². The largest absolute Gasteiger partial charge is 0.349 e. The van der Waals surface area contributed by atoms with Crippen molar-refractivity contribution in [1.82, 2.24) is 4.90 Å². The maximum atomic E-state index is 13.3. The Morgan fingerprint density at radius 2 is 1.79 bits per heavy atom. The highest BCUT2D eigenvalue weighted by Gasteiger charge is 2.33. The van der Waals surface area contributed by atoms with Gasteiger partial charge < -0.3 is 10.2 Å². The van der Waals surface area contributed by atoms with Crippen LogP contribution < -0.4 is 9.62 Å². The molecule has 28 heavy (non-hydrogen) atoms. The number of amides is 2. The average molecular weight is 401 g/mol. The van der Waals surface area contributed by atoms with Gasteiger partial charge in [0.2, 0.25) is 11.8 Å². The van der Waals surface area contributed by atoms with E-state index in [2.05, 4.69) is 5.32 Å². The highest BCUT2D eigenvalue weighted by molar-refractivity contribution is 7.92. The Morgan fingerprint density at radius 3 is 2.43 bits per heavy atom. The van der Waals surface area contributed by atoms with Crippen LogP contribution >= 0.6 is 0 Å². The number of nitrogens with one attached hydrogen (secondary N) is 1. The van der Waals surface area contributed by atoms with Gasteiger partial charge >= 0.3 is 0 Å². The zero-order valence-electron chi connectivity index (χ0n) is 16.0. The minimum absolute atomic E-state index is 0.0477. The molecule has 8 heteroatoms. The summed E-state index contributed by atoms with van der Waals surface area (Å²) in [6.07, 6.45) is 0.204. The van der Waals surface area contributed by atoms with Crippen LogP contribution in [0, 0.1) is 5.92 Å². The first-order valence-electron chi connectivity index (χ1n) is 8.92. The number of anilines is 2. The third-order valence-corrected chi connectivity index (χ3v) is 6.48. The number of hydrogen-bond acceptors (Lipinski definition) is 4. The van der Waals surface area contributed by atoms with Crippen molar-refractivity contribution in [2.45, 2.75) is 18.2 Å². The van der Waals surface area contributed by atoms with E-state index < -0.39 is 15.9 Å². The summed E-state index contributed by atoms with van der Waals surface area (Å²) in [6, 6.07) is 13.1. The van der Waals surface area contributed by atoms with Crippen molar-refractivity contribution in [1.29, 1.82) is 0 Å². The predicted octanol–water partition coefficient (Wildman–Crippen LogP) is 2.10. The lowest BCUT2D eigenvalue weighted by atomic mass is 10.1. The maximum absolute atomic E-state index is 13.3. The van der Waals surface area contributed by atoms with Crippen LogP contribution in [-0.2, 0) is 26.0 Å². The lowest BCUT2D eigenvalue weighted by Gasteiger charge is -2.25. The smallest absolute Gasteiger partial charge is 0.264 e. The molecule has 1 unspecified atom stereocenters. The second-order valence-corrected chi connectivity index (χ2v) is 8.91. The number of nitrogens with zero attached hydrogens (tertiary/aromatic N) is 2. The van der Waals surface area contributed by atoms with Gasteiger partial charge in [-0.2, -0.15) is 0 Å². The Hall–Kier alpha value is -2.87. The van der Waals surface area contributed by atoms with Gasteiger partial charge in [0.1, 0.15) is 0 Å². The van der Waals surface area contributed by atoms with E-state index >= 15 is 0 Å². The highest BCUT2D eigenvalue weighted by atomic mass is 32.2. The number of fused-ring (bicyclic) bond motifs is 1. The molecular formula is C20H23N3O4S. The number of carbonyl (C=O) groups is 2. The summed E-state index contributed by atoms with van der Waals surface area (Å²) in [5.74, 6) is -0.780. The van der Waals surface area contributed by atoms with Gasteiger partial charge in [-0.15, -0.1) is 0 Å². The first-order chi connectivity index (χ1) is 13.2. The van der Waals surface area contributed by atoms with E-state index in [1.165, 1.54) is 21.3 Å². The summed E-state index contributed by atoms with van der Waals surface area (Å²) in [6.45, 7) is 1.74. The SMILES string of the molecule is CC1CN(S(=O)(=O)c2ccc(CC(=O)N(C)C)cc2)c2ccccc2NC1=O. The Kier molecular flexibility index (Phi) is 5.42. The first-order valence-corrected chi connectivity index (χ1v) is 10.4. The molecule has 0 aromatic heterocycles. The molecule has 0 saturated carbocycles. The van der Waals surface area contributed by atoms with Gasteiger partial charge in [0, 0.05) is 20.6 Å². The van der Waals surface area contributed by atoms with Crippen molar-refractivity contribution in [2.75, 3.05) is 30.3 Å². The Bertz CT molecular complexity index is 1000. The summed E-state index contributed by atoms with van der Waals surface area (Å²) in [5, 5.41) is 2.78. The fraction of sp³-hybridized carbons (Fsp3) is 0.300. The molecule has 1 heterocycles. The van der Waals surface area contributed by atoms with Crippen LogP contribution in [0.2, 0.25) is 0 Å². The number of hydrogen-bond donors (Lipinski definition) is 1. The van der Waals surface area contributed by atoms with E-state index in [0.717, 1.165) is 5.56 Å². The summed E-state index contributed by atoms with van der Waals surface area (Å²) < 4.78 is 27.9. The van der Waals surface area contributed by atoms with Gasteiger partial charge in [0.15, 0.2) is 0 Å². The van der Waals surface area contributed by atoms with Gasteiger partial charge in [-0.3, -0.25) is 13.9 Å². The van der Waals surface area contributed by atoms with Crippen molar-refractivity contribution in [2.24, 2.45) is 5.92 Å². The molecule has 0 fully saturated rings. The molecule has 0 saturated heterocycles. The van der Waals surface area contributed by atoms with Crippen LogP contribution in [0.3, 0.4) is 0 Å². The predicted molar refractivity (Wildman–Crippen MR) is 108 cm³/mol. The molecule has 0 aliphatic carbocycles. The zero-order valence-corrected chi connectivity index (χ0v) is 16.9. The quantitative estimate of drug-likeness (QED) is 0.850. The fourth-order valence-corrected chi connectivity index (χ4v) is 4.52. The summed E-state index contributed by atoms with van der Waals surface area (Å²) in [7, 11) is -0.521. The van der Waals surface area contributed by atoms with Crippen molar-refractivity contribution < 1.29 is 18.0 Å². The number of para-hydroxylation sites is 2.